The fourth-order valence-corrected chi connectivity index (χ4v) is 3.96. The third-order valence-electron chi connectivity index (χ3n) is 4.77. The quantitative estimate of drug-likeness (QED) is 0.238. The molecule has 0 bridgehead atoms. The first-order valence-corrected chi connectivity index (χ1v) is 11.3. The zero-order valence-electron chi connectivity index (χ0n) is 17.7. The number of hydrogen-bond donors (Lipinski definition) is 1. The maximum atomic E-state index is 12.5. The number of hydrazone groups is 1. The van der Waals surface area contributed by atoms with Crippen LogP contribution in [-0.4, -0.2) is 32.1 Å². The van der Waals surface area contributed by atoms with Gasteiger partial charge in [-0.1, -0.05) is 97.5 Å². The van der Waals surface area contributed by atoms with Gasteiger partial charge in [0.1, 0.15) is 0 Å². The summed E-state index contributed by atoms with van der Waals surface area (Å²) < 4.78 is 1.97. The van der Waals surface area contributed by atoms with E-state index in [2.05, 4.69) is 20.7 Å². The predicted octanol–water partition coefficient (Wildman–Crippen LogP) is 4.96. The molecule has 32 heavy (non-hydrogen) atoms. The molecule has 0 aliphatic rings. The summed E-state index contributed by atoms with van der Waals surface area (Å²) >= 11 is 1.33. The van der Waals surface area contributed by atoms with Crippen LogP contribution in [0.5, 0.6) is 0 Å². The molecular formula is C25H23N5OS. The maximum Gasteiger partial charge on any atom is 0.250 e. The molecule has 4 aromatic rings. The lowest BCUT2D eigenvalue weighted by Crippen LogP contribution is -2.22. The molecule has 4 rings (SSSR count). The number of rotatable bonds is 8. The molecule has 0 unspecified atom stereocenters. The van der Waals surface area contributed by atoms with Crippen LogP contribution >= 0.6 is 11.8 Å². The second-order valence-electron chi connectivity index (χ2n) is 6.94. The van der Waals surface area contributed by atoms with Crippen molar-refractivity contribution in [1.82, 2.24) is 20.2 Å². The molecule has 0 fully saturated rings. The summed E-state index contributed by atoms with van der Waals surface area (Å²) in [5.74, 6) is 0.713. The minimum atomic E-state index is -0.194. The van der Waals surface area contributed by atoms with Gasteiger partial charge < -0.3 is 0 Å². The number of nitrogens with one attached hydrogen (secondary N) is 1. The van der Waals surface area contributed by atoms with Gasteiger partial charge in [0.25, 0.3) is 5.91 Å². The van der Waals surface area contributed by atoms with E-state index in [4.69, 9.17) is 0 Å². The van der Waals surface area contributed by atoms with Gasteiger partial charge in [0.15, 0.2) is 11.0 Å². The van der Waals surface area contributed by atoms with Crippen LogP contribution in [0, 0.1) is 0 Å². The Labute approximate surface area is 191 Å². The SMILES string of the molecule is CCC(=NNC(=O)CSc1nnc(-c2ccccc2)n1-c1ccccc1)c1ccccc1. The monoisotopic (exact) mass is 441 g/mol. The Kier molecular flexibility index (Phi) is 7.09. The summed E-state index contributed by atoms with van der Waals surface area (Å²) in [6.07, 6.45) is 0.722. The van der Waals surface area contributed by atoms with Gasteiger partial charge in [-0.05, 0) is 24.1 Å². The predicted molar refractivity (Wildman–Crippen MR) is 129 cm³/mol. The van der Waals surface area contributed by atoms with Crippen molar-refractivity contribution in [1.29, 1.82) is 0 Å². The molecule has 0 spiro atoms. The van der Waals surface area contributed by atoms with Crippen LogP contribution in [0.25, 0.3) is 17.1 Å². The van der Waals surface area contributed by atoms with Gasteiger partial charge in [-0.2, -0.15) is 5.10 Å². The van der Waals surface area contributed by atoms with Crippen LogP contribution in [0.15, 0.2) is 101 Å². The number of aromatic nitrogens is 3. The molecule has 7 heteroatoms. The highest BCUT2D eigenvalue weighted by Gasteiger charge is 2.17. The molecule has 0 radical (unpaired) electrons. The normalized spacial score (nSPS) is 11.3. The van der Waals surface area contributed by atoms with Gasteiger partial charge in [0.05, 0.1) is 11.5 Å². The van der Waals surface area contributed by atoms with Gasteiger partial charge >= 0.3 is 0 Å². The first-order chi connectivity index (χ1) is 15.8. The third-order valence-corrected chi connectivity index (χ3v) is 5.70. The molecule has 1 aromatic heterocycles. The molecule has 0 aliphatic carbocycles. The summed E-state index contributed by atoms with van der Waals surface area (Å²) in [5, 5.41) is 13.7. The number of amides is 1. The van der Waals surface area contributed by atoms with E-state index in [9.17, 15) is 4.79 Å². The number of benzene rings is 3. The Morgan fingerprint density at radius 2 is 1.53 bits per heavy atom. The second kappa shape index (κ2) is 10.5. The van der Waals surface area contributed by atoms with Gasteiger partial charge in [0, 0.05) is 11.3 Å². The minimum Gasteiger partial charge on any atom is -0.272 e. The van der Waals surface area contributed by atoms with Crippen molar-refractivity contribution in [2.75, 3.05) is 5.75 Å². The fraction of sp³-hybridized carbons (Fsp3) is 0.120. The van der Waals surface area contributed by atoms with E-state index in [0.717, 1.165) is 34.8 Å². The van der Waals surface area contributed by atoms with Crippen molar-refractivity contribution in [2.24, 2.45) is 5.10 Å². The van der Waals surface area contributed by atoms with Crippen molar-refractivity contribution in [3.63, 3.8) is 0 Å². The van der Waals surface area contributed by atoms with E-state index in [-0.39, 0.29) is 11.7 Å². The molecule has 160 valence electrons. The molecule has 1 N–H and O–H groups in total. The number of carbonyl (C=O) groups is 1. The lowest BCUT2D eigenvalue weighted by Gasteiger charge is -2.10. The Morgan fingerprint density at radius 1 is 0.906 bits per heavy atom. The van der Waals surface area contributed by atoms with Crippen LogP contribution in [0.2, 0.25) is 0 Å². The average molecular weight is 442 g/mol. The van der Waals surface area contributed by atoms with Crippen LogP contribution in [-0.2, 0) is 4.79 Å². The number of hydrogen-bond acceptors (Lipinski definition) is 5. The Hall–Kier alpha value is -3.71. The highest BCUT2D eigenvalue weighted by atomic mass is 32.2. The molecular weight excluding hydrogens is 418 g/mol. The van der Waals surface area contributed by atoms with E-state index in [1.807, 2.05) is 102 Å². The maximum absolute atomic E-state index is 12.5. The Balaban J connectivity index is 1.52. The lowest BCUT2D eigenvalue weighted by molar-refractivity contribution is -0.118. The molecule has 0 saturated carbocycles. The van der Waals surface area contributed by atoms with Gasteiger partial charge in [-0.15, -0.1) is 10.2 Å². The summed E-state index contributed by atoms with van der Waals surface area (Å²) in [5.41, 5.74) is 6.40. The molecule has 1 heterocycles. The molecule has 0 saturated heterocycles. The van der Waals surface area contributed by atoms with E-state index in [1.165, 1.54) is 11.8 Å². The summed E-state index contributed by atoms with van der Waals surface area (Å²) in [4.78, 5) is 12.5. The van der Waals surface area contributed by atoms with E-state index >= 15 is 0 Å². The molecule has 0 atom stereocenters. The minimum absolute atomic E-state index is 0.176. The number of thioether (sulfide) groups is 1. The van der Waals surface area contributed by atoms with Gasteiger partial charge in [-0.25, -0.2) is 5.43 Å². The summed E-state index contributed by atoms with van der Waals surface area (Å²) in [7, 11) is 0. The Bertz CT molecular complexity index is 1190. The summed E-state index contributed by atoms with van der Waals surface area (Å²) in [6, 6.07) is 29.6. The van der Waals surface area contributed by atoms with Crippen LogP contribution in [0.3, 0.4) is 0 Å². The largest absolute Gasteiger partial charge is 0.272 e. The molecule has 1 amide bonds. The van der Waals surface area contributed by atoms with Gasteiger partial charge in [-0.3, -0.25) is 9.36 Å². The smallest absolute Gasteiger partial charge is 0.250 e. The Morgan fingerprint density at radius 3 is 2.19 bits per heavy atom. The van der Waals surface area contributed by atoms with E-state index < -0.39 is 0 Å². The molecule has 6 nitrogen and oxygen atoms in total. The van der Waals surface area contributed by atoms with Gasteiger partial charge in [0.2, 0.25) is 0 Å². The number of nitrogens with zero attached hydrogens (tertiary/aromatic N) is 4. The first kappa shape index (κ1) is 21.5. The standard InChI is InChI=1S/C25H23N5OS/c1-2-22(19-12-6-3-7-13-19)26-27-23(31)18-32-25-29-28-24(20-14-8-4-9-15-20)30(25)21-16-10-5-11-17-21/h3-17H,2,18H2,1H3,(H,27,31). The van der Waals surface area contributed by atoms with Crippen molar-refractivity contribution in [3.05, 3.63) is 96.6 Å². The number of carbonyl (C=O) groups excluding carboxylic acids is 1. The van der Waals surface area contributed by atoms with Crippen LogP contribution < -0.4 is 5.43 Å². The van der Waals surface area contributed by atoms with Crippen LogP contribution in [0.1, 0.15) is 18.9 Å². The van der Waals surface area contributed by atoms with Crippen molar-refractivity contribution >= 4 is 23.4 Å². The van der Waals surface area contributed by atoms with E-state index in [0.29, 0.717) is 5.16 Å². The highest BCUT2D eigenvalue weighted by Crippen LogP contribution is 2.27. The average Bonchev–Trinajstić information content (AvgIpc) is 3.29. The van der Waals surface area contributed by atoms with Crippen molar-refractivity contribution < 1.29 is 4.79 Å². The first-order valence-electron chi connectivity index (χ1n) is 10.4. The molecule has 3 aromatic carbocycles. The lowest BCUT2D eigenvalue weighted by atomic mass is 10.1. The summed E-state index contributed by atoms with van der Waals surface area (Å²) in [6.45, 7) is 2.01. The van der Waals surface area contributed by atoms with Crippen LogP contribution in [0.4, 0.5) is 0 Å². The number of para-hydroxylation sites is 1. The second-order valence-corrected chi connectivity index (χ2v) is 7.89. The highest BCUT2D eigenvalue weighted by molar-refractivity contribution is 7.99. The van der Waals surface area contributed by atoms with Crippen molar-refractivity contribution in [3.8, 4) is 17.1 Å². The van der Waals surface area contributed by atoms with E-state index in [1.54, 1.807) is 0 Å². The zero-order valence-corrected chi connectivity index (χ0v) is 18.5. The molecule has 0 aliphatic heterocycles. The topological polar surface area (TPSA) is 72.2 Å². The zero-order chi connectivity index (χ0) is 22.2. The van der Waals surface area contributed by atoms with Crippen molar-refractivity contribution in [2.45, 2.75) is 18.5 Å². The third kappa shape index (κ3) is 5.12. The fourth-order valence-electron chi connectivity index (χ4n) is 3.22.